The van der Waals surface area contributed by atoms with E-state index in [0.29, 0.717) is 6.04 Å². The van der Waals surface area contributed by atoms with Gasteiger partial charge in [-0.15, -0.1) is 0 Å². The number of aromatic nitrogens is 1. The van der Waals surface area contributed by atoms with Gasteiger partial charge in [-0.25, -0.2) is 0 Å². The number of piperidine rings is 1. The largest absolute Gasteiger partial charge is 0.399 e. The minimum absolute atomic E-state index is 0. The van der Waals surface area contributed by atoms with Crippen LogP contribution in [0.2, 0.25) is 0 Å². The summed E-state index contributed by atoms with van der Waals surface area (Å²) in [6.07, 6.45) is 9.15. The van der Waals surface area contributed by atoms with E-state index in [2.05, 4.69) is 56.9 Å². The second-order valence-corrected chi connectivity index (χ2v) is 8.32. The summed E-state index contributed by atoms with van der Waals surface area (Å²) in [5.74, 6) is 0. The summed E-state index contributed by atoms with van der Waals surface area (Å²) < 4.78 is 0. The van der Waals surface area contributed by atoms with Gasteiger partial charge in [0.2, 0.25) is 0 Å². The molecule has 0 spiro atoms. The molecule has 30 heavy (non-hydrogen) atoms. The number of nitrogens with zero attached hydrogens (tertiary/aromatic N) is 2. The fourth-order valence-corrected chi connectivity index (χ4v) is 4.31. The van der Waals surface area contributed by atoms with Crippen LogP contribution in [-0.4, -0.2) is 42.1 Å². The molecule has 2 saturated heterocycles. The highest BCUT2D eigenvalue weighted by Crippen LogP contribution is 2.25. The summed E-state index contributed by atoms with van der Waals surface area (Å²) in [7, 11) is 0. The zero-order valence-corrected chi connectivity index (χ0v) is 17.7. The molecule has 0 radical (unpaired) electrons. The lowest BCUT2D eigenvalue weighted by Crippen LogP contribution is -2.26. The molecule has 0 amide bonds. The van der Waals surface area contributed by atoms with Crippen LogP contribution in [0.3, 0.4) is 0 Å². The van der Waals surface area contributed by atoms with Gasteiger partial charge in [-0.2, -0.15) is 0 Å². The minimum atomic E-state index is 0. The number of hydrogen-bond donors (Lipinski definition) is 3. The smallest absolute Gasteiger partial charge is 0.0423 e. The monoisotopic (exact) mass is 407 g/mol. The average Bonchev–Trinajstić information content (AvgIpc) is 3.22. The van der Waals surface area contributed by atoms with E-state index in [9.17, 15) is 0 Å². The number of hydrogen-bond acceptors (Lipinski definition) is 5. The molecule has 3 heterocycles. The van der Waals surface area contributed by atoms with Crippen molar-refractivity contribution < 1.29 is 2.85 Å². The molecule has 5 heteroatoms. The van der Waals surface area contributed by atoms with Crippen LogP contribution in [0.5, 0.6) is 0 Å². The van der Waals surface area contributed by atoms with Crippen molar-refractivity contribution in [1.82, 2.24) is 15.2 Å². The van der Waals surface area contributed by atoms with E-state index in [4.69, 9.17) is 5.73 Å². The zero-order chi connectivity index (χ0) is 20.6. The Morgan fingerprint density at radius 3 is 2.73 bits per heavy atom. The first-order chi connectivity index (χ1) is 14.8. The predicted octanol–water partition coefficient (Wildman–Crippen LogP) is 4.76. The first-order valence-electron chi connectivity index (χ1n) is 11.1. The van der Waals surface area contributed by atoms with Gasteiger partial charge in [-0.05, 0) is 62.2 Å². The van der Waals surface area contributed by atoms with Crippen LogP contribution in [0.25, 0.3) is 10.8 Å². The number of rotatable bonds is 4. The molecule has 162 valence electrons. The Morgan fingerprint density at radius 1 is 1.10 bits per heavy atom. The highest BCUT2D eigenvalue weighted by Gasteiger charge is 2.22. The summed E-state index contributed by atoms with van der Waals surface area (Å²) in [5.41, 5.74) is 9.20. The topological polar surface area (TPSA) is 66.2 Å². The lowest BCUT2D eigenvalue weighted by molar-refractivity contribution is 0.329. The molecule has 3 aromatic rings. The van der Waals surface area contributed by atoms with Gasteiger partial charge in [0.05, 0.1) is 0 Å². The summed E-state index contributed by atoms with van der Waals surface area (Å²) in [5, 5.41) is 9.42. The molecule has 1 atom stereocenters. The number of pyridine rings is 1. The number of benzene rings is 2. The van der Waals surface area contributed by atoms with Crippen molar-refractivity contribution in [3.8, 4) is 0 Å². The highest BCUT2D eigenvalue weighted by atomic mass is 15.2. The van der Waals surface area contributed by atoms with E-state index in [0.717, 1.165) is 31.7 Å². The fraction of sp³-hybridized carbons (Fsp3) is 0.400. The standard InChI is InChI=1S/C20H22N4.C5H11N.2H2/c21-17-5-1-3-15(11-17)13-24-10-8-18(14-24)23-20-6-2-4-16-12-22-9-7-19(16)20;1-2-4-6-5-3-1;;/h1-7,9,11-12,18,23H,8,10,13-14,21H2;6H,1-5H2;2*1H/t18-;;;/m1.../s1. The van der Waals surface area contributed by atoms with Crippen molar-refractivity contribution in [2.45, 2.75) is 38.3 Å². The Bertz CT molecular complexity index is 932. The van der Waals surface area contributed by atoms with Crippen LogP contribution in [-0.2, 0) is 6.54 Å². The highest BCUT2D eigenvalue weighted by molar-refractivity contribution is 5.93. The molecule has 2 aromatic carbocycles. The molecule has 4 N–H and O–H groups in total. The van der Waals surface area contributed by atoms with E-state index < -0.39 is 0 Å². The third-order valence-corrected chi connectivity index (χ3v) is 5.88. The maximum Gasteiger partial charge on any atom is 0.0423 e. The summed E-state index contributed by atoms with van der Waals surface area (Å²) in [6, 6.07) is 17.1. The number of fused-ring (bicyclic) bond motifs is 1. The number of anilines is 2. The molecule has 0 aliphatic carbocycles. The van der Waals surface area contributed by atoms with Gasteiger partial charge >= 0.3 is 0 Å². The fourth-order valence-electron chi connectivity index (χ4n) is 4.31. The van der Waals surface area contributed by atoms with E-state index in [-0.39, 0.29) is 2.85 Å². The van der Waals surface area contributed by atoms with Crippen LogP contribution >= 0.6 is 0 Å². The van der Waals surface area contributed by atoms with Crippen molar-refractivity contribution in [2.24, 2.45) is 0 Å². The lowest BCUT2D eigenvalue weighted by Gasteiger charge is -2.18. The number of nitrogens with two attached hydrogens (primary N) is 1. The van der Waals surface area contributed by atoms with Gasteiger partial charge in [0.1, 0.15) is 0 Å². The molecule has 5 nitrogen and oxygen atoms in total. The molecule has 0 bridgehead atoms. The Labute approximate surface area is 182 Å². The van der Waals surface area contributed by atoms with Crippen LogP contribution in [0.4, 0.5) is 11.4 Å². The Balaban J connectivity index is 0.000000397. The van der Waals surface area contributed by atoms with Gasteiger partial charge in [0.25, 0.3) is 0 Å². The predicted molar refractivity (Wildman–Crippen MR) is 131 cm³/mol. The van der Waals surface area contributed by atoms with E-state index in [1.54, 1.807) is 0 Å². The SMILES string of the molecule is C1CCNCC1.Nc1cccc(CN2CC[C@@H](Nc3cccc4cnccc34)C2)c1.[HH].[HH]. The normalized spacial score (nSPS) is 19.3. The molecule has 0 saturated carbocycles. The first-order valence-corrected chi connectivity index (χ1v) is 11.1. The third kappa shape index (κ3) is 5.71. The van der Waals surface area contributed by atoms with Gasteiger partial charge in [-0.1, -0.05) is 30.7 Å². The van der Waals surface area contributed by atoms with Crippen molar-refractivity contribution in [2.75, 3.05) is 37.2 Å². The lowest BCUT2D eigenvalue weighted by atomic mass is 10.1. The summed E-state index contributed by atoms with van der Waals surface area (Å²) in [6.45, 7) is 5.62. The first kappa shape index (κ1) is 20.6. The molecule has 2 fully saturated rings. The van der Waals surface area contributed by atoms with E-state index >= 15 is 0 Å². The molecule has 1 aromatic heterocycles. The molecular weight excluding hydrogens is 370 g/mol. The molecule has 2 aliphatic rings. The third-order valence-electron chi connectivity index (χ3n) is 5.88. The Hall–Kier alpha value is -2.63. The van der Waals surface area contributed by atoms with E-state index in [1.807, 2.05) is 24.5 Å². The number of nitrogens with one attached hydrogen (secondary N) is 2. The molecule has 0 unspecified atom stereocenters. The molecule has 5 rings (SSSR count). The maximum atomic E-state index is 5.88. The second kappa shape index (κ2) is 10.4. The van der Waals surface area contributed by atoms with Gasteiger partial charge < -0.3 is 16.4 Å². The number of likely N-dealkylation sites (tertiary alicyclic amines) is 1. The van der Waals surface area contributed by atoms with Gasteiger partial charge in [-0.3, -0.25) is 9.88 Å². The zero-order valence-electron chi connectivity index (χ0n) is 17.7. The minimum Gasteiger partial charge on any atom is -0.399 e. The Morgan fingerprint density at radius 2 is 1.97 bits per heavy atom. The Kier molecular flexibility index (Phi) is 7.16. The average molecular weight is 408 g/mol. The van der Waals surface area contributed by atoms with Crippen LogP contribution < -0.4 is 16.4 Å². The molecule has 2 aliphatic heterocycles. The number of nitrogen functional groups attached to an aromatic ring is 1. The van der Waals surface area contributed by atoms with Crippen LogP contribution in [0.15, 0.2) is 60.9 Å². The van der Waals surface area contributed by atoms with Crippen LogP contribution in [0, 0.1) is 0 Å². The van der Waals surface area contributed by atoms with Crippen molar-refractivity contribution >= 4 is 22.1 Å². The molecular formula is C25H37N5. The van der Waals surface area contributed by atoms with Crippen LogP contribution in [0.1, 0.15) is 34.1 Å². The summed E-state index contributed by atoms with van der Waals surface area (Å²) in [4.78, 5) is 6.69. The van der Waals surface area contributed by atoms with Gasteiger partial charge in [0.15, 0.2) is 0 Å². The van der Waals surface area contributed by atoms with E-state index in [1.165, 1.54) is 54.4 Å². The van der Waals surface area contributed by atoms with Crippen molar-refractivity contribution in [1.29, 1.82) is 0 Å². The van der Waals surface area contributed by atoms with Crippen molar-refractivity contribution in [3.05, 3.63) is 66.5 Å². The summed E-state index contributed by atoms with van der Waals surface area (Å²) >= 11 is 0. The van der Waals surface area contributed by atoms with Crippen molar-refractivity contribution in [3.63, 3.8) is 0 Å². The second-order valence-electron chi connectivity index (χ2n) is 8.32. The van der Waals surface area contributed by atoms with Gasteiger partial charge in [0, 0.05) is 63.1 Å². The maximum absolute atomic E-state index is 5.88. The quantitative estimate of drug-likeness (QED) is 0.544.